The molecule has 1 aromatic carbocycles. The van der Waals surface area contributed by atoms with Gasteiger partial charge < -0.3 is 0 Å². The molecule has 0 aliphatic heterocycles. The fourth-order valence-electron chi connectivity index (χ4n) is 2.00. The summed E-state index contributed by atoms with van der Waals surface area (Å²) in [4.78, 5) is -0.298. The van der Waals surface area contributed by atoms with Crippen LogP contribution in [-0.4, -0.2) is 15.0 Å². The van der Waals surface area contributed by atoms with Crippen molar-refractivity contribution in [1.29, 1.82) is 0 Å². The molecular weight excluding hydrogens is 321 g/mol. The lowest BCUT2D eigenvalue weighted by atomic mass is 9.71. The first-order valence-corrected chi connectivity index (χ1v) is 8.05. The topological polar surface area (TPSA) is 46.2 Å². The van der Waals surface area contributed by atoms with E-state index in [0.29, 0.717) is 11.0 Å². The third-order valence-corrected chi connectivity index (χ3v) is 5.36. The van der Waals surface area contributed by atoms with Crippen LogP contribution in [-0.2, 0) is 10.0 Å². The largest absolute Gasteiger partial charge is 0.243 e. The van der Waals surface area contributed by atoms with Gasteiger partial charge in [0.1, 0.15) is 10.7 Å². The lowest BCUT2D eigenvalue weighted by Gasteiger charge is -2.38. The van der Waals surface area contributed by atoms with E-state index in [2.05, 4.69) is 20.7 Å². The second-order valence-corrected chi connectivity index (χ2v) is 7.71. The highest BCUT2D eigenvalue weighted by Gasteiger charge is 2.33. The Labute approximate surface area is 115 Å². The fourth-order valence-corrected chi connectivity index (χ4v) is 3.59. The normalized spacial score (nSPS) is 18.4. The summed E-state index contributed by atoms with van der Waals surface area (Å²) in [7, 11) is -3.76. The molecule has 3 nitrogen and oxygen atoms in total. The molecule has 0 spiro atoms. The van der Waals surface area contributed by atoms with Crippen molar-refractivity contribution in [2.75, 3.05) is 6.54 Å². The summed E-state index contributed by atoms with van der Waals surface area (Å²) in [6.45, 7) is 2.40. The highest BCUT2D eigenvalue weighted by molar-refractivity contribution is 9.10. The van der Waals surface area contributed by atoms with Gasteiger partial charge in [-0.2, -0.15) is 0 Å². The quantitative estimate of drug-likeness (QED) is 0.919. The fraction of sp³-hybridized carbons (Fsp3) is 0.500. The van der Waals surface area contributed by atoms with Crippen LogP contribution in [0.25, 0.3) is 0 Å². The van der Waals surface area contributed by atoms with Crippen molar-refractivity contribution in [3.05, 3.63) is 28.5 Å². The maximum absolute atomic E-state index is 13.6. The standard InChI is InChI=1S/C12H15BrFNO2S/c1-12(5-2-6-12)8-15-18(16,17)11-4-3-9(13)7-10(11)14/h3-4,7,15H,2,5-6,8H2,1H3. The highest BCUT2D eigenvalue weighted by atomic mass is 79.9. The van der Waals surface area contributed by atoms with Gasteiger partial charge in [-0.15, -0.1) is 0 Å². The van der Waals surface area contributed by atoms with E-state index < -0.39 is 15.8 Å². The third-order valence-electron chi connectivity index (χ3n) is 3.43. The molecule has 100 valence electrons. The molecule has 0 unspecified atom stereocenters. The summed E-state index contributed by atoms with van der Waals surface area (Å²) in [6, 6.07) is 3.94. The van der Waals surface area contributed by atoms with Gasteiger partial charge in [-0.25, -0.2) is 17.5 Å². The smallest absolute Gasteiger partial charge is 0.211 e. The minimum absolute atomic E-state index is 0.0267. The SMILES string of the molecule is CC1(CNS(=O)(=O)c2ccc(Br)cc2F)CCC1. The Morgan fingerprint density at radius 3 is 2.61 bits per heavy atom. The van der Waals surface area contributed by atoms with Gasteiger partial charge in [-0.1, -0.05) is 29.3 Å². The van der Waals surface area contributed by atoms with Crippen molar-refractivity contribution in [1.82, 2.24) is 4.72 Å². The Morgan fingerprint density at radius 2 is 2.11 bits per heavy atom. The molecule has 2 rings (SSSR count). The van der Waals surface area contributed by atoms with Gasteiger partial charge in [0, 0.05) is 11.0 Å². The van der Waals surface area contributed by atoms with Crippen LogP contribution >= 0.6 is 15.9 Å². The van der Waals surface area contributed by atoms with Gasteiger partial charge in [0.15, 0.2) is 0 Å². The van der Waals surface area contributed by atoms with E-state index in [-0.39, 0.29) is 10.3 Å². The molecule has 0 radical (unpaired) electrons. The van der Waals surface area contributed by atoms with Gasteiger partial charge in [-0.3, -0.25) is 0 Å². The summed E-state index contributed by atoms with van der Waals surface area (Å²) in [6.07, 6.45) is 3.15. The molecule has 0 saturated heterocycles. The monoisotopic (exact) mass is 335 g/mol. The minimum Gasteiger partial charge on any atom is -0.211 e. The van der Waals surface area contributed by atoms with Crippen LogP contribution in [0.2, 0.25) is 0 Å². The van der Waals surface area contributed by atoms with E-state index >= 15 is 0 Å². The van der Waals surface area contributed by atoms with Crippen molar-refractivity contribution in [3.63, 3.8) is 0 Å². The molecule has 0 amide bonds. The first-order chi connectivity index (χ1) is 8.32. The second-order valence-electron chi connectivity index (χ2n) is 5.06. The molecule has 1 aromatic rings. The molecule has 1 aliphatic carbocycles. The highest BCUT2D eigenvalue weighted by Crippen LogP contribution is 2.39. The number of halogens is 2. The van der Waals surface area contributed by atoms with E-state index in [1.807, 2.05) is 6.92 Å². The van der Waals surface area contributed by atoms with Gasteiger partial charge in [0.05, 0.1) is 0 Å². The second kappa shape index (κ2) is 4.90. The minimum atomic E-state index is -3.76. The Hall–Kier alpha value is -0.460. The van der Waals surface area contributed by atoms with Crippen molar-refractivity contribution in [2.24, 2.45) is 5.41 Å². The third kappa shape index (κ3) is 2.92. The molecular formula is C12H15BrFNO2S. The molecule has 0 heterocycles. The molecule has 0 aromatic heterocycles. The predicted octanol–water partition coefficient (Wildman–Crippen LogP) is 3.06. The molecule has 1 saturated carbocycles. The number of sulfonamides is 1. The summed E-state index contributed by atoms with van der Waals surface area (Å²) >= 11 is 3.10. The van der Waals surface area contributed by atoms with E-state index in [9.17, 15) is 12.8 Å². The van der Waals surface area contributed by atoms with Crippen LogP contribution in [0.1, 0.15) is 26.2 Å². The Morgan fingerprint density at radius 1 is 1.44 bits per heavy atom. The van der Waals surface area contributed by atoms with Crippen molar-refractivity contribution in [3.8, 4) is 0 Å². The van der Waals surface area contributed by atoms with Gasteiger partial charge in [-0.05, 0) is 36.5 Å². The summed E-state index contributed by atoms with van der Waals surface area (Å²) < 4.78 is 40.6. The molecule has 1 N–H and O–H groups in total. The Bertz CT molecular complexity index is 555. The van der Waals surface area contributed by atoms with E-state index in [1.54, 1.807) is 0 Å². The number of hydrogen-bond acceptors (Lipinski definition) is 2. The molecule has 0 bridgehead atoms. The van der Waals surface area contributed by atoms with E-state index in [1.165, 1.54) is 12.1 Å². The van der Waals surface area contributed by atoms with Crippen LogP contribution in [0.5, 0.6) is 0 Å². The zero-order valence-corrected chi connectivity index (χ0v) is 12.4. The average Bonchev–Trinajstić information content (AvgIpc) is 2.23. The number of nitrogens with one attached hydrogen (secondary N) is 1. The van der Waals surface area contributed by atoms with Crippen LogP contribution in [0.3, 0.4) is 0 Å². The first kappa shape index (κ1) is 14.0. The number of hydrogen-bond donors (Lipinski definition) is 1. The summed E-state index contributed by atoms with van der Waals surface area (Å²) in [5.41, 5.74) is 0.0267. The van der Waals surface area contributed by atoms with Crippen LogP contribution in [0.15, 0.2) is 27.6 Å². The lowest BCUT2D eigenvalue weighted by Crippen LogP contribution is -2.40. The van der Waals surface area contributed by atoms with E-state index in [0.717, 1.165) is 25.3 Å². The van der Waals surface area contributed by atoms with Crippen LogP contribution in [0.4, 0.5) is 4.39 Å². The summed E-state index contributed by atoms with van der Waals surface area (Å²) in [5.74, 6) is -0.740. The maximum Gasteiger partial charge on any atom is 0.243 e. The van der Waals surface area contributed by atoms with Crippen LogP contribution < -0.4 is 4.72 Å². The zero-order chi connectivity index (χ0) is 13.4. The van der Waals surface area contributed by atoms with Gasteiger partial charge in [0.25, 0.3) is 0 Å². The van der Waals surface area contributed by atoms with E-state index in [4.69, 9.17) is 0 Å². The Kier molecular flexibility index (Phi) is 3.80. The van der Waals surface area contributed by atoms with Gasteiger partial charge in [0.2, 0.25) is 10.0 Å². The first-order valence-electron chi connectivity index (χ1n) is 5.77. The molecule has 1 aliphatic rings. The predicted molar refractivity (Wildman–Crippen MR) is 71.2 cm³/mol. The maximum atomic E-state index is 13.6. The van der Waals surface area contributed by atoms with Crippen LogP contribution in [0, 0.1) is 11.2 Å². The molecule has 1 fully saturated rings. The van der Waals surface area contributed by atoms with Crippen molar-refractivity contribution in [2.45, 2.75) is 31.1 Å². The van der Waals surface area contributed by atoms with Gasteiger partial charge >= 0.3 is 0 Å². The lowest BCUT2D eigenvalue weighted by molar-refractivity contribution is 0.166. The molecule has 0 atom stereocenters. The van der Waals surface area contributed by atoms with Crippen molar-refractivity contribution < 1.29 is 12.8 Å². The van der Waals surface area contributed by atoms with Crippen molar-refractivity contribution >= 4 is 26.0 Å². The average molecular weight is 336 g/mol. The molecule has 6 heteroatoms. The summed E-state index contributed by atoms with van der Waals surface area (Å²) in [5, 5.41) is 0. The Balaban J connectivity index is 2.15. The molecule has 18 heavy (non-hydrogen) atoms. The number of benzene rings is 1. The zero-order valence-electron chi connectivity index (χ0n) is 10.0. The number of rotatable bonds is 4.